The second-order valence-electron chi connectivity index (χ2n) is 11.2. The Bertz CT molecular complexity index is 1470. The minimum absolute atomic E-state index is 0.0421. The van der Waals surface area contributed by atoms with Crippen LogP contribution in [0.1, 0.15) is 62.6 Å². The van der Waals surface area contributed by atoms with Crippen LogP contribution in [0.2, 0.25) is 0 Å². The summed E-state index contributed by atoms with van der Waals surface area (Å²) in [4.78, 5) is 29.4. The number of sulfonamides is 1. The van der Waals surface area contributed by atoms with E-state index in [0.717, 1.165) is 46.7 Å². The summed E-state index contributed by atoms with van der Waals surface area (Å²) in [6.07, 6.45) is 4.39. The third kappa shape index (κ3) is 8.16. The number of aryl methyl sites for hydroxylation is 2. The molecule has 2 amide bonds. The molecule has 1 saturated carbocycles. The summed E-state index contributed by atoms with van der Waals surface area (Å²) in [5.74, 6) is -0.0991. The molecule has 4 rings (SSSR count). The van der Waals surface area contributed by atoms with Crippen molar-refractivity contribution in [2.75, 3.05) is 17.5 Å². The molecular formula is C34H43N3O5S. The predicted molar refractivity (Wildman–Crippen MR) is 170 cm³/mol. The zero-order valence-electron chi connectivity index (χ0n) is 25.6. The van der Waals surface area contributed by atoms with Crippen molar-refractivity contribution in [3.05, 3.63) is 89.5 Å². The van der Waals surface area contributed by atoms with Crippen molar-refractivity contribution in [2.24, 2.45) is 0 Å². The quantitative estimate of drug-likeness (QED) is 0.267. The lowest BCUT2D eigenvalue weighted by Gasteiger charge is -2.34. The van der Waals surface area contributed by atoms with Gasteiger partial charge in [0.25, 0.3) is 10.0 Å². The molecule has 3 aromatic rings. The summed E-state index contributed by atoms with van der Waals surface area (Å²) in [6.45, 7) is 7.82. The molecule has 1 N–H and O–H groups in total. The van der Waals surface area contributed by atoms with Crippen molar-refractivity contribution in [2.45, 2.75) is 83.3 Å². The van der Waals surface area contributed by atoms with E-state index in [1.807, 2.05) is 64.1 Å². The Hall–Kier alpha value is -3.85. The van der Waals surface area contributed by atoms with Gasteiger partial charge < -0.3 is 15.0 Å². The number of nitrogens with zero attached hydrogens (tertiary/aromatic N) is 2. The molecular weight excluding hydrogens is 562 g/mol. The van der Waals surface area contributed by atoms with Gasteiger partial charge in [0.1, 0.15) is 18.3 Å². The van der Waals surface area contributed by atoms with Gasteiger partial charge in [-0.05, 0) is 82.0 Å². The first-order chi connectivity index (χ1) is 20.6. The zero-order valence-corrected chi connectivity index (χ0v) is 26.4. The van der Waals surface area contributed by atoms with Crippen LogP contribution in [0, 0.1) is 13.8 Å². The topological polar surface area (TPSA) is 96.0 Å². The van der Waals surface area contributed by atoms with Crippen molar-refractivity contribution < 1.29 is 22.7 Å². The first kappa shape index (κ1) is 32.1. The normalized spacial score (nSPS) is 14.2. The minimum atomic E-state index is -4.15. The molecule has 1 atom stereocenters. The largest absolute Gasteiger partial charge is 0.494 e. The summed E-state index contributed by atoms with van der Waals surface area (Å²) >= 11 is 0. The molecule has 0 aromatic heterocycles. The molecule has 9 heteroatoms. The summed E-state index contributed by atoms with van der Waals surface area (Å²) in [5, 5.41) is 3.15. The van der Waals surface area contributed by atoms with Gasteiger partial charge in [-0.2, -0.15) is 0 Å². The van der Waals surface area contributed by atoms with Gasteiger partial charge in [0, 0.05) is 12.6 Å². The summed E-state index contributed by atoms with van der Waals surface area (Å²) < 4.78 is 34.8. The van der Waals surface area contributed by atoms with Crippen LogP contribution in [0.4, 0.5) is 5.69 Å². The molecule has 3 aromatic carbocycles. The molecule has 1 unspecified atom stereocenters. The Morgan fingerprint density at radius 1 is 0.884 bits per heavy atom. The van der Waals surface area contributed by atoms with Crippen molar-refractivity contribution in [1.29, 1.82) is 0 Å². The zero-order chi connectivity index (χ0) is 31.0. The number of hydrogen-bond donors (Lipinski definition) is 1. The number of carbonyl (C=O) groups excluding carboxylic acids is 2. The van der Waals surface area contributed by atoms with E-state index in [4.69, 9.17) is 4.74 Å². The predicted octanol–water partition coefficient (Wildman–Crippen LogP) is 5.76. The molecule has 0 radical (unpaired) electrons. The molecule has 1 fully saturated rings. The first-order valence-electron chi connectivity index (χ1n) is 15.1. The van der Waals surface area contributed by atoms with Crippen LogP contribution in [0.5, 0.6) is 5.75 Å². The Kier molecular flexibility index (Phi) is 10.9. The van der Waals surface area contributed by atoms with Crippen LogP contribution in [0.15, 0.2) is 77.7 Å². The molecule has 0 aliphatic heterocycles. The van der Waals surface area contributed by atoms with E-state index >= 15 is 0 Å². The highest BCUT2D eigenvalue weighted by Gasteiger charge is 2.34. The fourth-order valence-corrected chi connectivity index (χ4v) is 6.83. The maximum atomic E-state index is 14.2. The van der Waals surface area contributed by atoms with Crippen LogP contribution in [-0.2, 0) is 26.2 Å². The SMILES string of the molecule is CCOc1ccc(S(=O)(=O)N(CC(=O)N(Cc2ccc(C)cc2)C(CC)C(=O)NC2CCCC2)c2ccc(C)cc2)cc1. The van der Waals surface area contributed by atoms with Gasteiger partial charge in [-0.25, -0.2) is 8.42 Å². The van der Waals surface area contributed by atoms with Gasteiger partial charge in [0.15, 0.2) is 0 Å². The average Bonchev–Trinajstić information content (AvgIpc) is 3.50. The van der Waals surface area contributed by atoms with Crippen LogP contribution in [0.25, 0.3) is 0 Å². The van der Waals surface area contributed by atoms with Crippen molar-refractivity contribution >= 4 is 27.5 Å². The van der Waals surface area contributed by atoms with Gasteiger partial charge in [0.05, 0.1) is 17.2 Å². The highest BCUT2D eigenvalue weighted by molar-refractivity contribution is 7.92. The van der Waals surface area contributed by atoms with E-state index in [1.54, 1.807) is 24.3 Å². The maximum absolute atomic E-state index is 14.2. The van der Waals surface area contributed by atoms with Crippen LogP contribution < -0.4 is 14.4 Å². The van der Waals surface area contributed by atoms with Gasteiger partial charge in [-0.1, -0.05) is 67.3 Å². The average molecular weight is 606 g/mol. The Labute approximate surface area is 256 Å². The number of carbonyl (C=O) groups is 2. The van der Waals surface area contributed by atoms with E-state index in [1.165, 1.54) is 17.0 Å². The summed E-state index contributed by atoms with van der Waals surface area (Å²) in [6, 6.07) is 20.4. The number of amides is 2. The van der Waals surface area contributed by atoms with Crippen LogP contribution >= 0.6 is 0 Å². The molecule has 0 heterocycles. The lowest BCUT2D eigenvalue weighted by Crippen LogP contribution is -2.53. The molecule has 0 saturated heterocycles. The highest BCUT2D eigenvalue weighted by Crippen LogP contribution is 2.27. The standard InChI is InChI=1S/C34H43N3O5S/c1-5-32(34(39)35-28-9-7-8-10-28)36(23-27-15-11-25(3)12-16-27)33(38)24-37(29-17-13-26(4)14-18-29)43(40,41)31-21-19-30(20-22-31)42-6-2/h11-22,28,32H,5-10,23-24H2,1-4H3,(H,35,39). The lowest BCUT2D eigenvalue weighted by atomic mass is 10.1. The van der Waals surface area contributed by atoms with E-state index in [2.05, 4.69) is 5.32 Å². The van der Waals surface area contributed by atoms with E-state index in [9.17, 15) is 18.0 Å². The van der Waals surface area contributed by atoms with Gasteiger partial charge >= 0.3 is 0 Å². The number of nitrogens with one attached hydrogen (secondary N) is 1. The molecule has 1 aliphatic rings. The smallest absolute Gasteiger partial charge is 0.264 e. The van der Waals surface area contributed by atoms with Crippen molar-refractivity contribution in [1.82, 2.24) is 10.2 Å². The Balaban J connectivity index is 1.70. The molecule has 8 nitrogen and oxygen atoms in total. The van der Waals surface area contributed by atoms with Gasteiger partial charge in [-0.15, -0.1) is 0 Å². The minimum Gasteiger partial charge on any atom is -0.494 e. The number of rotatable bonds is 13. The molecule has 230 valence electrons. The number of benzene rings is 3. The molecule has 43 heavy (non-hydrogen) atoms. The second-order valence-corrected chi connectivity index (χ2v) is 13.0. The summed E-state index contributed by atoms with van der Waals surface area (Å²) in [7, 11) is -4.15. The monoisotopic (exact) mass is 605 g/mol. The molecule has 1 aliphatic carbocycles. The fourth-order valence-electron chi connectivity index (χ4n) is 5.42. The lowest BCUT2D eigenvalue weighted by molar-refractivity contribution is -0.140. The number of hydrogen-bond acceptors (Lipinski definition) is 5. The summed E-state index contributed by atoms with van der Waals surface area (Å²) in [5.41, 5.74) is 3.28. The number of anilines is 1. The third-order valence-electron chi connectivity index (χ3n) is 7.88. The highest BCUT2D eigenvalue weighted by atomic mass is 32.2. The van der Waals surface area contributed by atoms with E-state index < -0.39 is 28.5 Å². The van der Waals surface area contributed by atoms with Crippen molar-refractivity contribution in [3.8, 4) is 5.75 Å². The molecule has 0 spiro atoms. The van der Waals surface area contributed by atoms with Gasteiger partial charge in [-0.3, -0.25) is 13.9 Å². The Morgan fingerprint density at radius 3 is 2.02 bits per heavy atom. The van der Waals surface area contributed by atoms with Crippen LogP contribution in [-0.4, -0.2) is 50.4 Å². The third-order valence-corrected chi connectivity index (χ3v) is 9.67. The van der Waals surface area contributed by atoms with Crippen LogP contribution in [0.3, 0.4) is 0 Å². The fraction of sp³-hybridized carbons (Fsp3) is 0.412. The maximum Gasteiger partial charge on any atom is 0.264 e. The second kappa shape index (κ2) is 14.6. The van der Waals surface area contributed by atoms with Crippen molar-refractivity contribution in [3.63, 3.8) is 0 Å². The van der Waals surface area contributed by atoms with E-state index in [0.29, 0.717) is 24.5 Å². The number of ether oxygens (including phenoxy) is 1. The molecule has 0 bridgehead atoms. The Morgan fingerprint density at radius 2 is 1.47 bits per heavy atom. The van der Waals surface area contributed by atoms with Gasteiger partial charge in [0.2, 0.25) is 11.8 Å². The first-order valence-corrected chi connectivity index (χ1v) is 16.5. The van der Waals surface area contributed by atoms with E-state index in [-0.39, 0.29) is 23.4 Å².